The highest BCUT2D eigenvalue weighted by atomic mass is 16.5. The molecule has 0 bridgehead atoms. The molecule has 0 amide bonds. The van der Waals surface area contributed by atoms with E-state index in [-0.39, 0.29) is 6.35 Å². The van der Waals surface area contributed by atoms with E-state index < -0.39 is 0 Å². The van der Waals surface area contributed by atoms with E-state index in [9.17, 15) is 0 Å². The highest BCUT2D eigenvalue weighted by molar-refractivity contribution is 5.90. The zero-order chi connectivity index (χ0) is 16.1. The lowest BCUT2D eigenvalue weighted by molar-refractivity contribution is -0.503. The van der Waals surface area contributed by atoms with Gasteiger partial charge in [0.15, 0.2) is 6.21 Å². The SMILES string of the molecule is Cc1cccc2c1OC1N(c3ccccc3)c3ccccc3C=[N+]21. The molecule has 0 saturated carbocycles. The summed E-state index contributed by atoms with van der Waals surface area (Å²) in [6.45, 7) is 2.09. The number of hydrogen-bond donors (Lipinski definition) is 0. The van der Waals surface area contributed by atoms with E-state index in [0.29, 0.717) is 0 Å². The summed E-state index contributed by atoms with van der Waals surface area (Å²) < 4.78 is 8.61. The van der Waals surface area contributed by atoms with Crippen molar-refractivity contribution in [3.8, 4) is 5.75 Å². The Labute approximate surface area is 141 Å². The highest BCUT2D eigenvalue weighted by Crippen LogP contribution is 2.44. The lowest BCUT2D eigenvalue weighted by atomic mass is 10.1. The predicted molar refractivity (Wildman–Crippen MR) is 95.7 cm³/mol. The van der Waals surface area contributed by atoms with E-state index >= 15 is 0 Å². The third-order valence-electron chi connectivity index (χ3n) is 4.66. The second-order valence-corrected chi connectivity index (χ2v) is 6.17. The van der Waals surface area contributed by atoms with Gasteiger partial charge in [-0.15, -0.1) is 4.58 Å². The summed E-state index contributed by atoms with van der Waals surface area (Å²) in [5, 5.41) is 0. The number of nitrogens with zero attached hydrogens (tertiary/aromatic N) is 2. The van der Waals surface area contributed by atoms with Gasteiger partial charge in [0.25, 0.3) is 5.69 Å². The van der Waals surface area contributed by atoms with Gasteiger partial charge < -0.3 is 4.74 Å². The molecule has 2 aliphatic rings. The summed E-state index contributed by atoms with van der Waals surface area (Å²) >= 11 is 0. The first-order valence-electron chi connectivity index (χ1n) is 8.16. The molecule has 3 heteroatoms. The van der Waals surface area contributed by atoms with Crippen LogP contribution in [0.25, 0.3) is 0 Å². The second-order valence-electron chi connectivity index (χ2n) is 6.17. The van der Waals surface area contributed by atoms with Crippen LogP contribution in [-0.2, 0) is 0 Å². The van der Waals surface area contributed by atoms with Crippen molar-refractivity contribution in [2.45, 2.75) is 13.3 Å². The number of ether oxygens (including phenoxy) is 1. The fourth-order valence-corrected chi connectivity index (χ4v) is 3.53. The Morgan fingerprint density at radius 3 is 2.54 bits per heavy atom. The Morgan fingerprint density at radius 2 is 1.67 bits per heavy atom. The topological polar surface area (TPSA) is 15.5 Å². The first kappa shape index (κ1) is 13.4. The molecule has 3 aromatic carbocycles. The second kappa shape index (κ2) is 4.96. The number of fused-ring (bicyclic) bond motifs is 4. The smallest absolute Gasteiger partial charge is 0.395 e. The van der Waals surface area contributed by atoms with Crippen molar-refractivity contribution in [1.82, 2.24) is 0 Å². The van der Waals surface area contributed by atoms with E-state index in [2.05, 4.69) is 89.3 Å². The van der Waals surface area contributed by atoms with Gasteiger partial charge in [0.2, 0.25) is 5.75 Å². The number of hydrogen-bond acceptors (Lipinski definition) is 2. The Bertz CT molecular complexity index is 963. The zero-order valence-corrected chi connectivity index (χ0v) is 13.4. The summed E-state index contributed by atoms with van der Waals surface area (Å²) in [6, 6.07) is 25.2. The van der Waals surface area contributed by atoms with Gasteiger partial charge in [-0.2, -0.15) is 0 Å². The van der Waals surface area contributed by atoms with Crippen molar-refractivity contribution in [3.63, 3.8) is 0 Å². The third-order valence-corrected chi connectivity index (χ3v) is 4.66. The lowest BCUT2D eigenvalue weighted by Gasteiger charge is -2.30. The summed E-state index contributed by atoms with van der Waals surface area (Å²) in [5.74, 6) is 0.965. The average Bonchev–Trinajstić information content (AvgIpc) is 3.00. The molecular formula is C21H17N2O+. The number of benzene rings is 3. The Morgan fingerprint density at radius 1 is 0.875 bits per heavy atom. The van der Waals surface area contributed by atoms with Gasteiger partial charge in [0.1, 0.15) is 0 Å². The van der Waals surface area contributed by atoms with Crippen LogP contribution in [0.15, 0.2) is 72.8 Å². The molecule has 0 fully saturated rings. The van der Waals surface area contributed by atoms with Gasteiger partial charge in [-0.3, -0.25) is 0 Å². The van der Waals surface area contributed by atoms with Gasteiger partial charge in [-0.1, -0.05) is 42.5 Å². The maximum absolute atomic E-state index is 6.39. The Balaban J connectivity index is 1.76. The molecule has 1 atom stereocenters. The number of aryl methyl sites for hydroxylation is 1. The van der Waals surface area contributed by atoms with Crippen molar-refractivity contribution < 1.29 is 9.31 Å². The van der Waals surface area contributed by atoms with Crippen LogP contribution in [0, 0.1) is 6.92 Å². The summed E-state index contributed by atoms with van der Waals surface area (Å²) in [6.07, 6.45) is 1.99. The van der Waals surface area contributed by atoms with Gasteiger partial charge in [0, 0.05) is 6.07 Å². The molecule has 0 saturated heterocycles. The fourth-order valence-electron chi connectivity index (χ4n) is 3.53. The van der Waals surface area contributed by atoms with E-state index in [1.54, 1.807) is 0 Å². The number of rotatable bonds is 1. The van der Waals surface area contributed by atoms with Crippen molar-refractivity contribution in [3.05, 3.63) is 83.9 Å². The molecule has 2 aliphatic heterocycles. The summed E-state index contributed by atoms with van der Waals surface area (Å²) in [5.41, 5.74) is 5.76. The van der Waals surface area contributed by atoms with Crippen LogP contribution < -0.4 is 9.64 Å². The maximum Gasteiger partial charge on any atom is 0.395 e. The fraction of sp³-hybridized carbons (Fsp3) is 0.0952. The molecule has 24 heavy (non-hydrogen) atoms. The third kappa shape index (κ3) is 1.81. The first-order valence-corrected chi connectivity index (χ1v) is 8.16. The van der Waals surface area contributed by atoms with Crippen LogP contribution >= 0.6 is 0 Å². The normalized spacial score (nSPS) is 17.5. The number of anilines is 2. The van der Waals surface area contributed by atoms with Gasteiger partial charge in [-0.25, -0.2) is 4.90 Å². The Kier molecular flexibility index (Phi) is 2.77. The van der Waals surface area contributed by atoms with E-state index in [1.807, 2.05) is 6.07 Å². The van der Waals surface area contributed by atoms with Crippen LogP contribution in [0.2, 0.25) is 0 Å². The van der Waals surface area contributed by atoms with Crippen LogP contribution in [-0.4, -0.2) is 17.1 Å². The predicted octanol–water partition coefficient (Wildman–Crippen LogP) is 4.59. The van der Waals surface area contributed by atoms with Crippen molar-refractivity contribution in [2.24, 2.45) is 0 Å². The molecule has 2 heterocycles. The van der Waals surface area contributed by atoms with Gasteiger partial charge in [0.05, 0.1) is 16.9 Å². The van der Waals surface area contributed by atoms with Gasteiger partial charge in [-0.05, 0) is 36.8 Å². The summed E-state index contributed by atoms with van der Waals surface area (Å²) in [7, 11) is 0. The minimum Gasteiger partial charge on any atom is -0.409 e. The average molecular weight is 313 g/mol. The van der Waals surface area contributed by atoms with Gasteiger partial charge >= 0.3 is 6.35 Å². The molecular weight excluding hydrogens is 296 g/mol. The largest absolute Gasteiger partial charge is 0.409 e. The van der Waals surface area contributed by atoms with Crippen LogP contribution in [0.3, 0.4) is 0 Å². The van der Waals surface area contributed by atoms with Crippen molar-refractivity contribution in [2.75, 3.05) is 4.90 Å². The lowest BCUT2D eigenvalue weighted by Crippen LogP contribution is -2.43. The van der Waals surface area contributed by atoms with Crippen LogP contribution in [0.1, 0.15) is 11.1 Å². The molecule has 0 spiro atoms. The minimum absolute atomic E-state index is 0.196. The Hall–Kier alpha value is -3.07. The first-order chi connectivity index (χ1) is 11.8. The van der Waals surface area contributed by atoms with Crippen molar-refractivity contribution >= 4 is 23.3 Å². The summed E-state index contributed by atoms with van der Waals surface area (Å²) in [4.78, 5) is 2.26. The van der Waals surface area contributed by atoms with E-state index in [0.717, 1.165) is 28.4 Å². The molecule has 3 nitrogen and oxygen atoms in total. The molecule has 0 aromatic heterocycles. The van der Waals surface area contributed by atoms with E-state index in [1.165, 1.54) is 5.56 Å². The van der Waals surface area contributed by atoms with Crippen LogP contribution in [0.5, 0.6) is 5.75 Å². The molecule has 1 unspecified atom stereocenters. The molecule has 5 rings (SSSR count). The molecule has 3 aromatic rings. The molecule has 0 radical (unpaired) electrons. The quantitative estimate of drug-likeness (QED) is 0.611. The zero-order valence-electron chi connectivity index (χ0n) is 13.4. The van der Waals surface area contributed by atoms with Crippen molar-refractivity contribution in [1.29, 1.82) is 0 Å². The molecule has 116 valence electrons. The highest BCUT2D eigenvalue weighted by Gasteiger charge is 2.45. The standard InChI is InChI=1S/C21H17N2O/c1-15-8-7-13-19-20(15)24-21-22(19)14-16-9-5-6-12-18(16)23(21)17-10-3-2-4-11-17/h2-14,21H,1H3/q+1. The number of para-hydroxylation sites is 3. The van der Waals surface area contributed by atoms with E-state index in [4.69, 9.17) is 4.74 Å². The maximum atomic E-state index is 6.39. The monoisotopic (exact) mass is 313 g/mol. The molecule has 0 N–H and O–H groups in total. The van der Waals surface area contributed by atoms with Crippen LogP contribution in [0.4, 0.5) is 17.1 Å². The molecule has 0 aliphatic carbocycles. The minimum atomic E-state index is -0.196.